The molecule has 1 aromatic carbocycles. The summed E-state index contributed by atoms with van der Waals surface area (Å²) in [7, 11) is 1.99. The van der Waals surface area contributed by atoms with Gasteiger partial charge < -0.3 is 9.80 Å². The maximum Gasteiger partial charge on any atom is 0.241 e. The van der Waals surface area contributed by atoms with Gasteiger partial charge in [-0.25, -0.2) is 9.37 Å². The van der Waals surface area contributed by atoms with Gasteiger partial charge in [-0.3, -0.25) is 14.7 Å². The van der Waals surface area contributed by atoms with Crippen molar-refractivity contribution < 1.29 is 9.18 Å². The maximum absolute atomic E-state index is 13.6. The predicted molar refractivity (Wildman–Crippen MR) is 93.0 cm³/mol. The van der Waals surface area contributed by atoms with Crippen LogP contribution in [0.4, 0.5) is 15.9 Å². The Morgan fingerprint density at radius 1 is 1.24 bits per heavy atom. The summed E-state index contributed by atoms with van der Waals surface area (Å²) in [5.74, 6) is 0.518. The Morgan fingerprint density at radius 2 is 2.12 bits per heavy atom. The molecule has 1 amide bonds. The minimum absolute atomic E-state index is 0.00308. The van der Waals surface area contributed by atoms with Crippen LogP contribution in [0.3, 0.4) is 0 Å². The smallest absolute Gasteiger partial charge is 0.241 e. The van der Waals surface area contributed by atoms with Crippen molar-refractivity contribution in [2.75, 3.05) is 43.0 Å². The first-order valence-corrected chi connectivity index (χ1v) is 8.36. The molecule has 7 heteroatoms. The Bertz CT molecular complexity index is 786. The number of nitrogens with zero attached hydrogens (tertiary/aromatic N) is 5. The lowest BCUT2D eigenvalue weighted by Crippen LogP contribution is -2.64. The van der Waals surface area contributed by atoms with E-state index in [1.807, 2.05) is 7.05 Å². The van der Waals surface area contributed by atoms with E-state index in [2.05, 4.69) is 19.8 Å². The van der Waals surface area contributed by atoms with Crippen LogP contribution in [0.5, 0.6) is 0 Å². The number of piperazine rings is 1. The molecular weight excluding hydrogens is 321 g/mol. The molecule has 2 fully saturated rings. The van der Waals surface area contributed by atoms with Crippen LogP contribution >= 0.6 is 0 Å². The van der Waals surface area contributed by atoms with Crippen molar-refractivity contribution in [2.45, 2.75) is 12.0 Å². The van der Waals surface area contributed by atoms with Crippen molar-refractivity contribution in [1.29, 1.82) is 0 Å². The zero-order chi connectivity index (χ0) is 17.4. The first-order chi connectivity index (χ1) is 12.1. The average molecular weight is 341 g/mol. The molecule has 25 heavy (non-hydrogen) atoms. The van der Waals surface area contributed by atoms with Crippen LogP contribution in [0.25, 0.3) is 0 Å². The SMILES string of the molecule is CN1CC(=O)N(c2cccc(F)c2)C[C@@]12CCN(c1cnccn1)C2. The molecular formula is C18H20FN5O. The van der Waals surface area contributed by atoms with Gasteiger partial charge in [0.2, 0.25) is 5.91 Å². The quantitative estimate of drug-likeness (QED) is 0.829. The molecule has 0 radical (unpaired) electrons. The molecule has 3 heterocycles. The van der Waals surface area contributed by atoms with Crippen molar-refractivity contribution >= 4 is 17.4 Å². The van der Waals surface area contributed by atoms with Crippen molar-refractivity contribution in [3.05, 3.63) is 48.7 Å². The van der Waals surface area contributed by atoms with Crippen molar-refractivity contribution in [3.8, 4) is 0 Å². The lowest BCUT2D eigenvalue weighted by Gasteiger charge is -2.46. The van der Waals surface area contributed by atoms with Gasteiger partial charge in [0.25, 0.3) is 0 Å². The number of anilines is 2. The van der Waals surface area contributed by atoms with Crippen molar-refractivity contribution in [2.24, 2.45) is 0 Å². The molecule has 0 aliphatic carbocycles. The molecule has 2 aromatic rings. The number of amides is 1. The number of benzene rings is 1. The Labute approximate surface area is 145 Å². The second-order valence-corrected chi connectivity index (χ2v) is 6.78. The molecule has 130 valence electrons. The Hall–Kier alpha value is -2.54. The summed E-state index contributed by atoms with van der Waals surface area (Å²) in [6.45, 7) is 2.49. The lowest BCUT2D eigenvalue weighted by molar-refractivity contribution is -0.123. The van der Waals surface area contributed by atoms with E-state index in [1.165, 1.54) is 12.1 Å². The van der Waals surface area contributed by atoms with E-state index in [0.29, 0.717) is 18.8 Å². The molecule has 4 rings (SSSR count). The highest BCUT2D eigenvalue weighted by molar-refractivity contribution is 5.96. The van der Waals surface area contributed by atoms with Gasteiger partial charge in [-0.1, -0.05) is 6.07 Å². The molecule has 0 unspecified atom stereocenters. The maximum atomic E-state index is 13.6. The van der Waals surface area contributed by atoms with E-state index in [4.69, 9.17) is 0 Å². The highest BCUT2D eigenvalue weighted by Crippen LogP contribution is 2.34. The molecule has 2 saturated heterocycles. The molecule has 0 bridgehead atoms. The van der Waals surface area contributed by atoms with Crippen LogP contribution in [0.1, 0.15) is 6.42 Å². The topological polar surface area (TPSA) is 52.6 Å². The van der Waals surface area contributed by atoms with Gasteiger partial charge in [-0.2, -0.15) is 0 Å². The summed E-state index contributed by atoms with van der Waals surface area (Å²) < 4.78 is 13.6. The third-order valence-electron chi connectivity index (χ3n) is 5.26. The number of likely N-dealkylation sites (N-methyl/N-ethyl adjacent to an activating group) is 1. The van der Waals surface area contributed by atoms with Gasteiger partial charge in [0, 0.05) is 37.7 Å². The third kappa shape index (κ3) is 2.84. The number of halogens is 1. The molecule has 0 N–H and O–H groups in total. The van der Waals surface area contributed by atoms with Crippen LogP contribution < -0.4 is 9.80 Å². The average Bonchev–Trinajstić information content (AvgIpc) is 3.05. The summed E-state index contributed by atoms with van der Waals surface area (Å²) >= 11 is 0. The fraction of sp³-hybridized carbons (Fsp3) is 0.389. The van der Waals surface area contributed by atoms with Gasteiger partial charge in [0.1, 0.15) is 11.6 Å². The number of rotatable bonds is 2. The fourth-order valence-electron chi connectivity index (χ4n) is 3.79. The number of carbonyl (C=O) groups is 1. The Balaban J connectivity index is 1.60. The summed E-state index contributed by atoms with van der Waals surface area (Å²) in [5, 5.41) is 0. The highest BCUT2D eigenvalue weighted by Gasteiger charge is 2.48. The molecule has 1 spiro atoms. The second-order valence-electron chi connectivity index (χ2n) is 6.78. The van der Waals surface area contributed by atoms with Gasteiger partial charge in [-0.15, -0.1) is 0 Å². The van der Waals surface area contributed by atoms with E-state index in [0.717, 1.165) is 25.3 Å². The van der Waals surface area contributed by atoms with E-state index in [1.54, 1.807) is 35.6 Å². The monoisotopic (exact) mass is 341 g/mol. The normalized spacial score (nSPS) is 24.3. The zero-order valence-corrected chi connectivity index (χ0v) is 14.1. The number of aromatic nitrogens is 2. The van der Waals surface area contributed by atoms with Gasteiger partial charge >= 0.3 is 0 Å². The largest absolute Gasteiger partial charge is 0.353 e. The van der Waals surface area contributed by atoms with E-state index < -0.39 is 0 Å². The van der Waals surface area contributed by atoms with Crippen LogP contribution in [0.2, 0.25) is 0 Å². The minimum atomic E-state index is -0.328. The Kier molecular flexibility index (Phi) is 3.88. The van der Waals surface area contributed by atoms with Crippen LogP contribution in [0, 0.1) is 5.82 Å². The number of hydrogen-bond donors (Lipinski definition) is 0. The predicted octanol–water partition coefficient (Wildman–Crippen LogP) is 1.54. The first-order valence-electron chi connectivity index (χ1n) is 8.36. The zero-order valence-electron chi connectivity index (χ0n) is 14.1. The van der Waals surface area contributed by atoms with Crippen LogP contribution in [0.15, 0.2) is 42.9 Å². The summed E-state index contributed by atoms with van der Waals surface area (Å²) in [6.07, 6.45) is 6.02. The van der Waals surface area contributed by atoms with Crippen molar-refractivity contribution in [3.63, 3.8) is 0 Å². The standard InChI is InChI=1S/C18H20FN5O/c1-22-11-17(25)24(15-4-2-3-14(19)9-15)13-18(22)5-8-23(12-18)16-10-20-6-7-21-16/h2-4,6-7,9-10H,5,8,11-13H2,1H3/t18-/m0/s1. The lowest BCUT2D eigenvalue weighted by atomic mass is 9.92. The fourth-order valence-corrected chi connectivity index (χ4v) is 3.79. The molecule has 2 aliphatic rings. The van der Waals surface area contributed by atoms with Crippen LogP contribution in [-0.2, 0) is 4.79 Å². The Morgan fingerprint density at radius 3 is 2.88 bits per heavy atom. The van der Waals surface area contributed by atoms with Crippen LogP contribution in [-0.4, -0.2) is 59.5 Å². The molecule has 2 aliphatic heterocycles. The minimum Gasteiger partial charge on any atom is -0.353 e. The van der Waals surface area contributed by atoms with Gasteiger partial charge in [-0.05, 0) is 31.7 Å². The molecule has 1 aromatic heterocycles. The molecule has 0 saturated carbocycles. The number of hydrogen-bond acceptors (Lipinski definition) is 5. The second kappa shape index (κ2) is 6.07. The number of carbonyl (C=O) groups excluding carboxylic acids is 1. The van der Waals surface area contributed by atoms with Gasteiger partial charge in [0.15, 0.2) is 0 Å². The third-order valence-corrected chi connectivity index (χ3v) is 5.26. The van der Waals surface area contributed by atoms with E-state index in [-0.39, 0.29) is 17.3 Å². The van der Waals surface area contributed by atoms with E-state index >= 15 is 0 Å². The molecule has 1 atom stereocenters. The molecule has 6 nitrogen and oxygen atoms in total. The summed E-state index contributed by atoms with van der Waals surface area (Å²) in [4.78, 5) is 27.1. The van der Waals surface area contributed by atoms with E-state index in [9.17, 15) is 9.18 Å². The highest BCUT2D eigenvalue weighted by atomic mass is 19.1. The summed E-state index contributed by atoms with van der Waals surface area (Å²) in [5.41, 5.74) is 0.452. The summed E-state index contributed by atoms with van der Waals surface area (Å²) in [6, 6.07) is 6.25. The van der Waals surface area contributed by atoms with Gasteiger partial charge in [0.05, 0.1) is 18.3 Å². The van der Waals surface area contributed by atoms with Crippen molar-refractivity contribution in [1.82, 2.24) is 14.9 Å². The first kappa shape index (κ1) is 16.0.